The van der Waals surface area contributed by atoms with E-state index < -0.39 is 10.0 Å². The van der Waals surface area contributed by atoms with Crippen molar-refractivity contribution in [3.8, 4) is 0 Å². The van der Waals surface area contributed by atoms with Gasteiger partial charge < -0.3 is 0 Å². The van der Waals surface area contributed by atoms with Crippen molar-refractivity contribution >= 4 is 26.0 Å². The van der Waals surface area contributed by atoms with E-state index in [0.29, 0.717) is 16.8 Å². The summed E-state index contributed by atoms with van der Waals surface area (Å²) >= 11 is 3.38. The summed E-state index contributed by atoms with van der Waals surface area (Å²) in [4.78, 5) is 0.392. The van der Waals surface area contributed by atoms with Crippen LogP contribution in [0.3, 0.4) is 0 Å². The summed E-state index contributed by atoms with van der Waals surface area (Å²) in [5.74, 6) is 0. The predicted octanol–water partition coefficient (Wildman–Crippen LogP) is 2.23. The molecule has 5 heteroatoms. The number of benzene rings is 1. The van der Waals surface area contributed by atoms with Gasteiger partial charge in [-0.1, -0.05) is 34.1 Å². The van der Waals surface area contributed by atoms with Gasteiger partial charge in [-0.2, -0.15) is 4.31 Å². The minimum atomic E-state index is -3.30. The number of hydrogen-bond donors (Lipinski definition) is 0. The molecule has 1 unspecified atom stereocenters. The zero-order valence-corrected chi connectivity index (χ0v) is 11.2. The Morgan fingerprint density at radius 2 is 2.00 bits per heavy atom. The zero-order chi connectivity index (χ0) is 11.6. The Balaban J connectivity index is 2.33. The lowest BCUT2D eigenvalue weighted by Crippen LogP contribution is -2.36. The molecule has 1 saturated heterocycles. The molecule has 0 aliphatic carbocycles. The standard InChI is InChI=1S/C11H14BrNO2S/c12-9-10-5-4-8-13(10)16(14,15)11-6-2-1-3-7-11/h1-3,6-7,10H,4-5,8-9H2. The second-order valence-corrected chi connectivity index (χ2v) is 6.42. The van der Waals surface area contributed by atoms with Crippen LogP contribution >= 0.6 is 15.9 Å². The van der Waals surface area contributed by atoms with E-state index >= 15 is 0 Å². The van der Waals surface area contributed by atoms with Crippen molar-refractivity contribution in [1.29, 1.82) is 0 Å². The van der Waals surface area contributed by atoms with Gasteiger partial charge in [0.1, 0.15) is 0 Å². The van der Waals surface area contributed by atoms with E-state index in [1.54, 1.807) is 28.6 Å². The molecule has 1 heterocycles. The van der Waals surface area contributed by atoms with E-state index in [1.165, 1.54) is 0 Å². The molecule has 0 saturated carbocycles. The van der Waals surface area contributed by atoms with Gasteiger partial charge in [0.2, 0.25) is 10.0 Å². The number of alkyl halides is 1. The van der Waals surface area contributed by atoms with Crippen LogP contribution in [0.2, 0.25) is 0 Å². The van der Waals surface area contributed by atoms with Crippen molar-refractivity contribution < 1.29 is 8.42 Å². The van der Waals surface area contributed by atoms with Gasteiger partial charge in [0.25, 0.3) is 0 Å². The van der Waals surface area contributed by atoms with Crippen LogP contribution in [0.4, 0.5) is 0 Å². The fourth-order valence-corrected chi connectivity index (χ4v) is 4.59. The van der Waals surface area contributed by atoms with Crippen LogP contribution in [0.15, 0.2) is 35.2 Å². The average Bonchev–Trinajstić information content (AvgIpc) is 2.79. The highest BCUT2D eigenvalue weighted by atomic mass is 79.9. The Morgan fingerprint density at radius 3 is 2.62 bits per heavy atom. The molecule has 88 valence electrons. The summed E-state index contributed by atoms with van der Waals surface area (Å²) < 4.78 is 26.2. The van der Waals surface area contributed by atoms with E-state index in [1.807, 2.05) is 6.07 Å². The first-order valence-corrected chi connectivity index (χ1v) is 7.85. The molecule has 0 bridgehead atoms. The van der Waals surface area contributed by atoms with Crippen molar-refractivity contribution in [2.24, 2.45) is 0 Å². The van der Waals surface area contributed by atoms with Gasteiger partial charge in [0.15, 0.2) is 0 Å². The molecule has 0 aromatic heterocycles. The maximum atomic E-state index is 12.3. The van der Waals surface area contributed by atoms with Crippen LogP contribution in [0.5, 0.6) is 0 Å². The maximum Gasteiger partial charge on any atom is 0.243 e. The smallest absolute Gasteiger partial charge is 0.207 e. The van der Waals surface area contributed by atoms with Gasteiger partial charge in [0, 0.05) is 17.9 Å². The van der Waals surface area contributed by atoms with Crippen LogP contribution in [0.25, 0.3) is 0 Å². The van der Waals surface area contributed by atoms with Crippen LogP contribution in [-0.4, -0.2) is 30.6 Å². The number of halogens is 1. The van der Waals surface area contributed by atoms with Gasteiger partial charge in [-0.25, -0.2) is 8.42 Å². The minimum Gasteiger partial charge on any atom is -0.207 e. The fourth-order valence-electron chi connectivity index (χ4n) is 2.01. The van der Waals surface area contributed by atoms with Crippen molar-refractivity contribution in [3.05, 3.63) is 30.3 Å². The highest BCUT2D eigenvalue weighted by molar-refractivity contribution is 9.09. The third-order valence-corrected chi connectivity index (χ3v) is 5.56. The number of hydrogen-bond acceptors (Lipinski definition) is 2. The Labute approximate surface area is 105 Å². The number of sulfonamides is 1. The minimum absolute atomic E-state index is 0.102. The molecule has 1 atom stereocenters. The van der Waals surface area contributed by atoms with Gasteiger partial charge in [0.05, 0.1) is 4.90 Å². The van der Waals surface area contributed by atoms with Gasteiger partial charge >= 0.3 is 0 Å². The lowest BCUT2D eigenvalue weighted by molar-refractivity contribution is 0.413. The Hall–Kier alpha value is -0.390. The first kappa shape index (κ1) is 12.1. The van der Waals surface area contributed by atoms with Gasteiger partial charge in [-0.05, 0) is 25.0 Å². The monoisotopic (exact) mass is 303 g/mol. The molecular weight excluding hydrogens is 290 g/mol. The Bertz CT molecular complexity index is 446. The molecule has 3 nitrogen and oxygen atoms in total. The van der Waals surface area contributed by atoms with Gasteiger partial charge in [-0.15, -0.1) is 0 Å². The summed E-state index contributed by atoms with van der Waals surface area (Å²) in [6.45, 7) is 0.632. The molecule has 2 rings (SSSR count). The summed E-state index contributed by atoms with van der Waals surface area (Å²) in [5, 5.41) is 0.707. The summed E-state index contributed by atoms with van der Waals surface area (Å²) in [7, 11) is -3.30. The third kappa shape index (κ3) is 2.17. The molecule has 1 aromatic rings. The Morgan fingerprint density at radius 1 is 1.31 bits per heavy atom. The first-order valence-electron chi connectivity index (χ1n) is 5.29. The van der Waals surface area contributed by atoms with Crippen molar-refractivity contribution in [2.75, 3.05) is 11.9 Å². The average molecular weight is 304 g/mol. The second kappa shape index (κ2) is 4.85. The Kier molecular flexibility index (Phi) is 3.66. The van der Waals surface area contributed by atoms with Gasteiger partial charge in [-0.3, -0.25) is 0 Å². The van der Waals surface area contributed by atoms with Crippen LogP contribution in [0.1, 0.15) is 12.8 Å². The van der Waals surface area contributed by atoms with E-state index in [4.69, 9.17) is 0 Å². The molecule has 0 N–H and O–H groups in total. The van der Waals surface area contributed by atoms with E-state index in [2.05, 4.69) is 15.9 Å². The quantitative estimate of drug-likeness (QED) is 0.803. The largest absolute Gasteiger partial charge is 0.243 e. The summed E-state index contributed by atoms with van der Waals surface area (Å²) in [6, 6.07) is 8.74. The molecular formula is C11H14BrNO2S. The molecule has 1 aliphatic rings. The SMILES string of the molecule is O=S(=O)(c1ccccc1)N1CCCC1CBr. The lowest BCUT2D eigenvalue weighted by Gasteiger charge is -2.22. The maximum absolute atomic E-state index is 12.3. The number of rotatable bonds is 3. The van der Waals surface area contributed by atoms with E-state index in [-0.39, 0.29) is 6.04 Å². The highest BCUT2D eigenvalue weighted by Crippen LogP contribution is 2.26. The fraction of sp³-hybridized carbons (Fsp3) is 0.455. The normalized spacial score (nSPS) is 22.4. The molecule has 0 spiro atoms. The first-order chi connectivity index (χ1) is 7.66. The van der Waals surface area contributed by atoms with Crippen molar-refractivity contribution in [3.63, 3.8) is 0 Å². The summed E-state index contributed by atoms with van der Waals surface area (Å²) in [6.07, 6.45) is 1.89. The molecule has 0 radical (unpaired) electrons. The van der Waals surface area contributed by atoms with Crippen molar-refractivity contribution in [1.82, 2.24) is 4.31 Å². The highest BCUT2D eigenvalue weighted by Gasteiger charge is 2.34. The molecule has 16 heavy (non-hydrogen) atoms. The number of nitrogens with zero attached hydrogens (tertiary/aromatic N) is 1. The zero-order valence-electron chi connectivity index (χ0n) is 8.84. The molecule has 1 fully saturated rings. The third-order valence-electron chi connectivity index (χ3n) is 2.85. The lowest BCUT2D eigenvalue weighted by atomic mass is 10.3. The van der Waals surface area contributed by atoms with Crippen LogP contribution in [0, 0.1) is 0 Å². The van der Waals surface area contributed by atoms with Crippen LogP contribution < -0.4 is 0 Å². The van der Waals surface area contributed by atoms with E-state index in [0.717, 1.165) is 12.8 Å². The molecule has 1 aromatic carbocycles. The molecule has 0 amide bonds. The van der Waals surface area contributed by atoms with E-state index in [9.17, 15) is 8.42 Å². The summed E-state index contributed by atoms with van der Waals surface area (Å²) in [5.41, 5.74) is 0. The predicted molar refractivity (Wildman–Crippen MR) is 67.1 cm³/mol. The topological polar surface area (TPSA) is 37.4 Å². The second-order valence-electron chi connectivity index (χ2n) is 3.88. The van der Waals surface area contributed by atoms with Crippen LogP contribution in [-0.2, 0) is 10.0 Å². The molecule has 1 aliphatic heterocycles. The van der Waals surface area contributed by atoms with Crippen molar-refractivity contribution in [2.45, 2.75) is 23.8 Å².